The second-order valence-electron chi connectivity index (χ2n) is 4.82. The zero-order chi connectivity index (χ0) is 15.9. The van der Waals surface area contributed by atoms with E-state index in [1.54, 1.807) is 0 Å². The maximum Gasteiger partial charge on any atom is 0.339 e. The Labute approximate surface area is 129 Å². The number of nitrogens with one attached hydrogen (secondary N) is 1. The third-order valence-corrected chi connectivity index (χ3v) is 3.20. The monoisotopic (exact) mass is 298 g/mol. The summed E-state index contributed by atoms with van der Waals surface area (Å²) in [6.07, 6.45) is 3.05. The van der Waals surface area contributed by atoms with E-state index in [9.17, 15) is 9.59 Å². The van der Waals surface area contributed by atoms with Gasteiger partial charge in [-0.2, -0.15) is 0 Å². The van der Waals surface area contributed by atoms with E-state index in [-0.39, 0.29) is 5.91 Å². The zero-order valence-electron chi connectivity index (χ0n) is 12.6. The summed E-state index contributed by atoms with van der Waals surface area (Å²) in [4.78, 5) is 27.7. The third kappa shape index (κ3) is 4.15. The molecular weight excluding hydrogens is 280 g/mol. The van der Waals surface area contributed by atoms with E-state index in [0.717, 1.165) is 6.42 Å². The standard InChI is InChI=1S/C17H18N2O3/c1-3-13-4-6-15(7-5-13)19-16(20)12(2)22-17(21)14-8-10-18-11-9-14/h4-12H,3H2,1-2H3,(H,19,20). The molecule has 1 heterocycles. The highest BCUT2D eigenvalue weighted by atomic mass is 16.5. The molecule has 0 spiro atoms. The maximum atomic E-state index is 12.0. The van der Waals surface area contributed by atoms with Crippen molar-refractivity contribution >= 4 is 17.6 Å². The summed E-state index contributed by atoms with van der Waals surface area (Å²) in [6.45, 7) is 3.60. The van der Waals surface area contributed by atoms with Gasteiger partial charge in [0.25, 0.3) is 5.91 Å². The first-order chi connectivity index (χ1) is 10.6. The molecule has 0 saturated carbocycles. The van der Waals surface area contributed by atoms with Crippen LogP contribution < -0.4 is 5.32 Å². The fraction of sp³-hybridized carbons (Fsp3) is 0.235. The van der Waals surface area contributed by atoms with Gasteiger partial charge in [0, 0.05) is 18.1 Å². The lowest BCUT2D eigenvalue weighted by molar-refractivity contribution is -0.123. The van der Waals surface area contributed by atoms with Gasteiger partial charge in [-0.1, -0.05) is 19.1 Å². The zero-order valence-corrected chi connectivity index (χ0v) is 12.6. The number of aromatic nitrogens is 1. The Morgan fingerprint density at radius 2 is 1.77 bits per heavy atom. The lowest BCUT2D eigenvalue weighted by Crippen LogP contribution is -2.30. The summed E-state index contributed by atoms with van der Waals surface area (Å²) in [5.41, 5.74) is 2.23. The van der Waals surface area contributed by atoms with Crippen molar-refractivity contribution in [1.82, 2.24) is 4.98 Å². The van der Waals surface area contributed by atoms with Crippen LogP contribution >= 0.6 is 0 Å². The van der Waals surface area contributed by atoms with Gasteiger partial charge in [-0.25, -0.2) is 4.79 Å². The smallest absolute Gasteiger partial charge is 0.339 e. The van der Waals surface area contributed by atoms with Crippen molar-refractivity contribution in [2.75, 3.05) is 5.32 Å². The topological polar surface area (TPSA) is 68.3 Å². The summed E-state index contributed by atoms with van der Waals surface area (Å²) in [5.74, 6) is -0.918. The fourth-order valence-corrected chi connectivity index (χ4v) is 1.84. The molecular formula is C17H18N2O3. The third-order valence-electron chi connectivity index (χ3n) is 3.20. The Balaban J connectivity index is 1.92. The highest BCUT2D eigenvalue weighted by molar-refractivity contribution is 5.97. The van der Waals surface area contributed by atoms with Crippen LogP contribution in [-0.2, 0) is 16.0 Å². The van der Waals surface area contributed by atoms with Crippen molar-refractivity contribution in [3.63, 3.8) is 0 Å². The van der Waals surface area contributed by atoms with Gasteiger partial charge in [-0.3, -0.25) is 9.78 Å². The predicted octanol–water partition coefficient (Wildman–Crippen LogP) is 2.83. The number of pyridine rings is 1. The van der Waals surface area contributed by atoms with Crippen LogP contribution in [-0.4, -0.2) is 23.0 Å². The Bertz CT molecular complexity index is 639. The number of aryl methyl sites for hydroxylation is 1. The molecule has 2 aromatic rings. The minimum Gasteiger partial charge on any atom is -0.449 e. The molecule has 0 aliphatic carbocycles. The average molecular weight is 298 g/mol. The van der Waals surface area contributed by atoms with Crippen molar-refractivity contribution in [3.05, 3.63) is 59.9 Å². The van der Waals surface area contributed by atoms with Crippen molar-refractivity contribution in [2.24, 2.45) is 0 Å². The minimum atomic E-state index is -0.883. The highest BCUT2D eigenvalue weighted by Gasteiger charge is 2.18. The van der Waals surface area contributed by atoms with Crippen LogP contribution in [0.1, 0.15) is 29.8 Å². The summed E-state index contributed by atoms with van der Waals surface area (Å²) in [6, 6.07) is 10.6. The highest BCUT2D eigenvalue weighted by Crippen LogP contribution is 2.11. The van der Waals surface area contributed by atoms with Gasteiger partial charge >= 0.3 is 5.97 Å². The Morgan fingerprint density at radius 1 is 1.14 bits per heavy atom. The first kappa shape index (κ1) is 15.7. The summed E-state index contributed by atoms with van der Waals surface area (Å²) >= 11 is 0. The maximum absolute atomic E-state index is 12.0. The first-order valence-corrected chi connectivity index (χ1v) is 7.11. The second-order valence-corrected chi connectivity index (χ2v) is 4.82. The predicted molar refractivity (Wildman–Crippen MR) is 83.6 cm³/mol. The Kier molecular flexibility index (Phi) is 5.25. The molecule has 0 aliphatic heterocycles. The Hall–Kier alpha value is -2.69. The second kappa shape index (κ2) is 7.36. The molecule has 1 amide bonds. The normalized spacial score (nSPS) is 11.5. The van der Waals surface area contributed by atoms with E-state index in [0.29, 0.717) is 11.3 Å². The van der Waals surface area contributed by atoms with E-state index in [2.05, 4.69) is 17.2 Å². The molecule has 0 radical (unpaired) electrons. The quantitative estimate of drug-likeness (QED) is 0.862. The summed E-state index contributed by atoms with van der Waals surface area (Å²) < 4.78 is 5.14. The van der Waals surface area contributed by atoms with Gasteiger partial charge in [0.15, 0.2) is 6.10 Å². The van der Waals surface area contributed by atoms with Gasteiger partial charge in [0.1, 0.15) is 0 Å². The molecule has 114 valence electrons. The van der Waals surface area contributed by atoms with E-state index >= 15 is 0 Å². The van der Waals surface area contributed by atoms with Crippen LogP contribution in [0.4, 0.5) is 5.69 Å². The molecule has 22 heavy (non-hydrogen) atoms. The SMILES string of the molecule is CCc1ccc(NC(=O)C(C)OC(=O)c2ccncc2)cc1. The van der Waals surface area contributed by atoms with Crippen molar-refractivity contribution in [3.8, 4) is 0 Å². The number of amides is 1. The van der Waals surface area contributed by atoms with Crippen molar-refractivity contribution in [2.45, 2.75) is 26.4 Å². The minimum absolute atomic E-state index is 0.363. The fourth-order valence-electron chi connectivity index (χ4n) is 1.84. The van der Waals surface area contributed by atoms with E-state index < -0.39 is 12.1 Å². The molecule has 1 atom stereocenters. The molecule has 2 rings (SSSR count). The van der Waals surface area contributed by atoms with Crippen molar-refractivity contribution in [1.29, 1.82) is 0 Å². The van der Waals surface area contributed by atoms with E-state index in [1.807, 2.05) is 24.3 Å². The van der Waals surface area contributed by atoms with Gasteiger partial charge in [0.05, 0.1) is 5.56 Å². The number of anilines is 1. The molecule has 1 unspecified atom stereocenters. The number of nitrogens with zero attached hydrogens (tertiary/aromatic N) is 1. The number of carbonyl (C=O) groups excluding carboxylic acids is 2. The number of hydrogen-bond acceptors (Lipinski definition) is 4. The summed E-state index contributed by atoms with van der Waals surface area (Å²) in [5, 5.41) is 2.72. The van der Waals surface area contributed by atoms with Gasteiger partial charge < -0.3 is 10.1 Å². The molecule has 1 aromatic heterocycles. The van der Waals surface area contributed by atoms with Crippen LogP contribution in [0.2, 0.25) is 0 Å². The number of rotatable bonds is 5. The van der Waals surface area contributed by atoms with E-state index in [1.165, 1.54) is 37.0 Å². The number of esters is 1. The molecule has 1 N–H and O–H groups in total. The molecule has 1 aromatic carbocycles. The van der Waals surface area contributed by atoms with Gasteiger partial charge in [-0.15, -0.1) is 0 Å². The number of ether oxygens (including phenoxy) is 1. The lowest BCUT2D eigenvalue weighted by atomic mass is 10.1. The lowest BCUT2D eigenvalue weighted by Gasteiger charge is -2.13. The molecule has 0 bridgehead atoms. The van der Waals surface area contributed by atoms with Gasteiger partial charge in [-0.05, 0) is 43.2 Å². The van der Waals surface area contributed by atoms with Crippen LogP contribution in [0.15, 0.2) is 48.8 Å². The molecule has 5 heteroatoms. The number of carbonyl (C=O) groups is 2. The van der Waals surface area contributed by atoms with Crippen LogP contribution in [0, 0.1) is 0 Å². The largest absolute Gasteiger partial charge is 0.449 e. The Morgan fingerprint density at radius 3 is 2.36 bits per heavy atom. The number of hydrogen-bond donors (Lipinski definition) is 1. The average Bonchev–Trinajstić information content (AvgIpc) is 2.56. The summed E-state index contributed by atoms with van der Waals surface area (Å²) in [7, 11) is 0. The van der Waals surface area contributed by atoms with Crippen LogP contribution in [0.25, 0.3) is 0 Å². The van der Waals surface area contributed by atoms with Gasteiger partial charge in [0.2, 0.25) is 0 Å². The van der Waals surface area contributed by atoms with E-state index in [4.69, 9.17) is 4.74 Å². The molecule has 0 aliphatic rings. The first-order valence-electron chi connectivity index (χ1n) is 7.11. The van der Waals surface area contributed by atoms with Crippen LogP contribution in [0.3, 0.4) is 0 Å². The molecule has 5 nitrogen and oxygen atoms in total. The van der Waals surface area contributed by atoms with Crippen molar-refractivity contribution < 1.29 is 14.3 Å². The molecule has 0 fully saturated rings. The number of benzene rings is 1. The van der Waals surface area contributed by atoms with Crippen LogP contribution in [0.5, 0.6) is 0 Å². The molecule has 0 saturated heterocycles.